The summed E-state index contributed by atoms with van der Waals surface area (Å²) in [5.41, 5.74) is 32.6. The average Bonchev–Trinajstić information content (AvgIpc) is 1.59. The number of fused-ring (bicyclic) bond motifs is 12. The smallest absolute Gasteiger partial charge is 0.0541 e. The van der Waals surface area contributed by atoms with Gasteiger partial charge in [0.05, 0.1) is 22.1 Å². The van der Waals surface area contributed by atoms with E-state index in [-0.39, 0.29) is 5.41 Å². The zero-order valence-electron chi connectivity index (χ0n) is 69.4. The molecule has 1 aliphatic rings. The molecular weight excluding hydrogens is 1430 g/mol. The number of para-hydroxylation sites is 6. The largest absolute Gasteiger partial charge is 0.338 e. The van der Waals surface area contributed by atoms with Crippen molar-refractivity contribution in [2.75, 3.05) is 9.80 Å². The average molecular weight is 1530 g/mol. The van der Waals surface area contributed by atoms with Crippen LogP contribution in [0.1, 0.15) is 119 Å². The Morgan fingerprint density at radius 3 is 1.17 bits per heavy atom. The summed E-state index contributed by atoms with van der Waals surface area (Å²) in [6.45, 7) is 20.3. The van der Waals surface area contributed by atoms with Gasteiger partial charge in [0.1, 0.15) is 0 Å². The molecule has 0 saturated carbocycles. The van der Waals surface area contributed by atoms with Crippen LogP contribution in [0.3, 0.4) is 0 Å². The zero-order valence-corrected chi connectivity index (χ0v) is 69.4. The molecule has 118 heavy (non-hydrogen) atoms. The van der Waals surface area contributed by atoms with Crippen molar-refractivity contribution in [3.05, 3.63) is 422 Å². The molecule has 16 aromatic carbocycles. The third-order valence-electron chi connectivity index (χ3n) is 24.3. The lowest BCUT2D eigenvalue weighted by molar-refractivity contribution is 0.563. The van der Waals surface area contributed by atoms with Crippen LogP contribution in [0.25, 0.3) is 110 Å². The highest BCUT2D eigenvalue weighted by Gasteiger charge is 2.36. The first-order valence-electron chi connectivity index (χ1n) is 42.3. The van der Waals surface area contributed by atoms with E-state index in [0.717, 1.165) is 29.9 Å². The van der Waals surface area contributed by atoms with E-state index in [1.165, 1.54) is 180 Å². The van der Waals surface area contributed by atoms with Gasteiger partial charge in [0.15, 0.2) is 0 Å². The zero-order chi connectivity index (χ0) is 80.8. The normalized spacial score (nSPS) is 12.4. The van der Waals surface area contributed by atoms with Gasteiger partial charge in [0.2, 0.25) is 0 Å². The van der Waals surface area contributed by atoms with Gasteiger partial charge < -0.3 is 23.5 Å². The van der Waals surface area contributed by atoms with Gasteiger partial charge in [-0.05, 0) is 254 Å². The standard InChI is InChI=1S/C51H38N2.C24H27N.C22H21N.C16H17N/c1-51(2)47-19-11-9-17-43(47)44-31-30-42(34-48(44)51)52(40-26-21-36(22-27-40)35-13-5-3-6-14-35)41-28-23-37(24-29-41)38-25-32-50-46(33-38)45-18-10-12-20-49(45)53(50)39-15-7-4-8-16-39;1-4-5-6-21-11-17-24(18-12-21)25(22-13-7-19(2)8-14-22)23-15-9-20(3)10-16-23;1-3-16(2)17-13-14-22-20(15-17)19-11-7-8-12-21(19)23(22)18-9-5-4-6-10-18;1-3-12(2)17-15-10-6-4-8-13(15)14-9-5-7-11-16(14)17/h3-34H,1-2H3;7-18H,4-6H2,1-3H3;4-16H,3H2,1-2H3;4-12H,3H2,1-2H3. The van der Waals surface area contributed by atoms with Crippen LogP contribution in [0, 0.1) is 13.8 Å². The van der Waals surface area contributed by atoms with Crippen LogP contribution in [-0.2, 0) is 11.8 Å². The van der Waals surface area contributed by atoms with E-state index in [9.17, 15) is 0 Å². The molecule has 580 valence electrons. The van der Waals surface area contributed by atoms with Gasteiger partial charge in [0, 0.05) is 100 Å². The maximum Gasteiger partial charge on any atom is 0.0541 e. The Labute approximate surface area is 696 Å². The van der Waals surface area contributed by atoms with Crippen LogP contribution in [0.5, 0.6) is 0 Å². The molecule has 5 heteroatoms. The van der Waals surface area contributed by atoms with Crippen molar-refractivity contribution in [2.45, 2.75) is 112 Å². The molecule has 2 unspecified atom stereocenters. The predicted octanol–water partition coefficient (Wildman–Crippen LogP) is 32.1. The van der Waals surface area contributed by atoms with Crippen LogP contribution in [0.15, 0.2) is 388 Å². The van der Waals surface area contributed by atoms with E-state index in [4.69, 9.17) is 0 Å². The minimum Gasteiger partial charge on any atom is -0.338 e. The van der Waals surface area contributed by atoms with E-state index >= 15 is 0 Å². The molecule has 0 spiro atoms. The summed E-state index contributed by atoms with van der Waals surface area (Å²) < 4.78 is 7.20. The molecule has 0 saturated heterocycles. The molecule has 3 heterocycles. The van der Waals surface area contributed by atoms with E-state index in [1.54, 1.807) is 0 Å². The molecule has 5 nitrogen and oxygen atoms in total. The van der Waals surface area contributed by atoms with E-state index in [0.29, 0.717) is 12.0 Å². The highest BCUT2D eigenvalue weighted by molar-refractivity contribution is 6.12. The number of aromatic nitrogens is 3. The van der Waals surface area contributed by atoms with Crippen molar-refractivity contribution in [3.8, 4) is 44.8 Å². The molecule has 0 radical (unpaired) electrons. The number of benzene rings is 16. The minimum absolute atomic E-state index is 0.0864. The Morgan fingerprint density at radius 1 is 0.297 bits per heavy atom. The second-order valence-electron chi connectivity index (χ2n) is 32.3. The summed E-state index contributed by atoms with van der Waals surface area (Å²) in [6.07, 6.45) is 5.97. The highest BCUT2D eigenvalue weighted by Crippen LogP contribution is 2.51. The van der Waals surface area contributed by atoms with Crippen molar-refractivity contribution >= 4 is 99.5 Å². The Morgan fingerprint density at radius 2 is 0.669 bits per heavy atom. The van der Waals surface area contributed by atoms with E-state index < -0.39 is 0 Å². The molecule has 0 amide bonds. The summed E-state index contributed by atoms with van der Waals surface area (Å²) in [5.74, 6) is 0.596. The fourth-order valence-corrected chi connectivity index (χ4v) is 17.5. The lowest BCUT2D eigenvalue weighted by atomic mass is 9.82. The Kier molecular flexibility index (Phi) is 22.3. The van der Waals surface area contributed by atoms with E-state index in [2.05, 4.69) is 474 Å². The molecule has 19 aromatic rings. The lowest BCUT2D eigenvalue weighted by Gasteiger charge is -2.28. The van der Waals surface area contributed by atoms with Crippen LogP contribution in [0.2, 0.25) is 0 Å². The molecular formula is C113H103N5. The third-order valence-corrected chi connectivity index (χ3v) is 24.3. The Bertz CT molecular complexity index is 6570. The van der Waals surface area contributed by atoms with Gasteiger partial charge in [-0.1, -0.05) is 302 Å². The number of hydrogen-bond acceptors (Lipinski definition) is 2. The fraction of sp³-hybridized carbons (Fsp3) is 0.150. The number of nitrogens with zero attached hydrogens (tertiary/aromatic N) is 5. The molecule has 1 aliphatic carbocycles. The van der Waals surface area contributed by atoms with Crippen molar-refractivity contribution in [1.29, 1.82) is 0 Å². The molecule has 2 atom stereocenters. The molecule has 0 bridgehead atoms. The van der Waals surface area contributed by atoms with Gasteiger partial charge >= 0.3 is 0 Å². The first kappa shape index (κ1) is 77.1. The Balaban J connectivity index is 0.000000127. The summed E-state index contributed by atoms with van der Waals surface area (Å²) >= 11 is 0. The fourth-order valence-electron chi connectivity index (χ4n) is 17.5. The second kappa shape index (κ2) is 34.1. The van der Waals surface area contributed by atoms with Gasteiger partial charge in [0.25, 0.3) is 0 Å². The molecule has 0 N–H and O–H groups in total. The van der Waals surface area contributed by atoms with Gasteiger partial charge in [-0.25, -0.2) is 0 Å². The van der Waals surface area contributed by atoms with Crippen molar-refractivity contribution in [1.82, 2.24) is 13.7 Å². The minimum atomic E-state index is -0.0864. The number of unbranched alkanes of at least 4 members (excludes halogenated alkanes) is 1. The first-order valence-corrected chi connectivity index (χ1v) is 42.3. The van der Waals surface area contributed by atoms with Crippen molar-refractivity contribution in [3.63, 3.8) is 0 Å². The maximum atomic E-state index is 2.46. The van der Waals surface area contributed by atoms with Crippen molar-refractivity contribution in [2.24, 2.45) is 0 Å². The summed E-state index contributed by atoms with van der Waals surface area (Å²) in [7, 11) is 0. The number of rotatable bonds is 17. The monoisotopic (exact) mass is 1530 g/mol. The molecule has 0 fully saturated rings. The summed E-state index contributed by atoms with van der Waals surface area (Å²) in [4.78, 5) is 4.72. The number of aryl methyl sites for hydroxylation is 3. The van der Waals surface area contributed by atoms with E-state index in [1.807, 2.05) is 0 Å². The Hall–Kier alpha value is -13.5. The van der Waals surface area contributed by atoms with Gasteiger partial charge in [-0.3, -0.25) is 0 Å². The SMILES string of the molecule is CC1(C)c2ccccc2-c2ccc(N(c3ccc(-c4ccccc4)cc3)c3ccc(-c4ccc5c(c4)c4ccccc4n5-c4ccccc4)cc3)cc21.CCC(C)c1ccc2c(c1)c1ccccc1n2-c1ccccc1.CCC(C)n1c2ccccc2c2ccccc21.CCCCc1ccc(N(c2ccc(C)cc2)c2ccc(C)cc2)cc1. The number of anilines is 6. The predicted molar refractivity (Wildman–Crippen MR) is 507 cm³/mol. The van der Waals surface area contributed by atoms with Crippen LogP contribution >= 0.6 is 0 Å². The van der Waals surface area contributed by atoms with Gasteiger partial charge in [-0.15, -0.1) is 0 Å². The lowest BCUT2D eigenvalue weighted by Crippen LogP contribution is -2.16. The van der Waals surface area contributed by atoms with Crippen molar-refractivity contribution < 1.29 is 0 Å². The third kappa shape index (κ3) is 15.3. The highest BCUT2D eigenvalue weighted by atomic mass is 15.1. The van der Waals surface area contributed by atoms with Gasteiger partial charge in [-0.2, -0.15) is 0 Å². The molecule has 3 aromatic heterocycles. The van der Waals surface area contributed by atoms with Crippen LogP contribution in [0.4, 0.5) is 34.1 Å². The second-order valence-corrected chi connectivity index (χ2v) is 32.3. The van der Waals surface area contributed by atoms with Crippen LogP contribution < -0.4 is 9.80 Å². The maximum absolute atomic E-state index is 2.46. The quantitative estimate of drug-likeness (QED) is 0.0906. The summed E-state index contributed by atoms with van der Waals surface area (Å²) in [6, 6.07) is 141. The van der Waals surface area contributed by atoms with Crippen LogP contribution in [-0.4, -0.2) is 13.7 Å². The first-order chi connectivity index (χ1) is 57.8. The number of hydrogen-bond donors (Lipinski definition) is 0. The summed E-state index contributed by atoms with van der Waals surface area (Å²) in [5, 5.41) is 7.93. The molecule has 20 rings (SSSR count). The molecule has 0 aliphatic heterocycles. The topological polar surface area (TPSA) is 21.3 Å².